The van der Waals surface area contributed by atoms with E-state index in [1.54, 1.807) is 0 Å². The average molecular weight is 651 g/mol. The van der Waals surface area contributed by atoms with E-state index in [1.807, 2.05) is 6.07 Å². The fourth-order valence-corrected chi connectivity index (χ4v) is 8.25. The molecule has 10 rings (SSSR count). The van der Waals surface area contributed by atoms with Crippen LogP contribution in [0.4, 0.5) is 0 Å². The Labute approximate surface area is 297 Å². The van der Waals surface area contributed by atoms with Crippen LogP contribution in [-0.4, -0.2) is 9.97 Å². The SMILES string of the molecule is CC1(C)c2cc(-c3ccc(-c4cc(-c5ccccc5)nc(-c5cccc6ccccc56)n4)c4ccccc34)ccc2-c2cc3ccccc3cc21. The molecular weight excluding hydrogens is 617 g/mol. The van der Waals surface area contributed by atoms with Crippen molar-refractivity contribution in [1.82, 2.24) is 9.97 Å². The Morgan fingerprint density at radius 1 is 0.353 bits per heavy atom. The van der Waals surface area contributed by atoms with E-state index in [1.165, 1.54) is 60.3 Å². The summed E-state index contributed by atoms with van der Waals surface area (Å²) >= 11 is 0. The highest BCUT2D eigenvalue weighted by molar-refractivity contribution is 6.06. The van der Waals surface area contributed by atoms with Crippen molar-refractivity contribution in [1.29, 1.82) is 0 Å². The first-order chi connectivity index (χ1) is 25.0. The van der Waals surface area contributed by atoms with Crippen LogP contribution in [0, 0.1) is 0 Å². The summed E-state index contributed by atoms with van der Waals surface area (Å²) in [6.07, 6.45) is 0. The van der Waals surface area contributed by atoms with E-state index >= 15 is 0 Å². The van der Waals surface area contributed by atoms with Crippen molar-refractivity contribution < 1.29 is 0 Å². The Kier molecular flexibility index (Phi) is 6.56. The Bertz CT molecular complexity index is 2820. The van der Waals surface area contributed by atoms with Crippen LogP contribution >= 0.6 is 0 Å². The maximum atomic E-state index is 5.30. The zero-order valence-corrected chi connectivity index (χ0v) is 28.6. The van der Waals surface area contributed by atoms with Crippen LogP contribution < -0.4 is 0 Å². The highest BCUT2D eigenvalue weighted by Gasteiger charge is 2.36. The van der Waals surface area contributed by atoms with Gasteiger partial charge in [0.05, 0.1) is 11.4 Å². The molecule has 0 unspecified atom stereocenters. The van der Waals surface area contributed by atoms with Crippen molar-refractivity contribution in [2.24, 2.45) is 0 Å². The lowest BCUT2D eigenvalue weighted by Crippen LogP contribution is -2.15. The van der Waals surface area contributed by atoms with E-state index in [2.05, 4.69) is 178 Å². The molecule has 0 radical (unpaired) electrons. The van der Waals surface area contributed by atoms with Gasteiger partial charge in [-0.05, 0) is 90.0 Å². The fourth-order valence-electron chi connectivity index (χ4n) is 8.25. The van der Waals surface area contributed by atoms with E-state index in [9.17, 15) is 0 Å². The van der Waals surface area contributed by atoms with Crippen molar-refractivity contribution in [3.8, 4) is 56.2 Å². The summed E-state index contributed by atoms with van der Waals surface area (Å²) in [5.41, 5.74) is 12.8. The monoisotopic (exact) mass is 650 g/mol. The standard InChI is InChI=1S/C49H34N2/c1-49(2)44-29-35(23-24-40(44)43-27-33-16-6-7-17-34(33)28-45(43)49)37-25-26-41(39-21-11-10-20-38(37)39)47-30-46(32-14-4-3-5-15-32)50-48(51-47)42-22-12-18-31-13-8-9-19-36(31)42/h3-30H,1-2H3. The van der Waals surface area contributed by atoms with Gasteiger partial charge in [-0.1, -0.05) is 159 Å². The predicted octanol–water partition coefficient (Wildman–Crippen LogP) is 12.9. The molecule has 0 spiro atoms. The van der Waals surface area contributed by atoms with Crippen LogP contribution in [-0.2, 0) is 5.41 Å². The third-order valence-corrected chi connectivity index (χ3v) is 10.9. The molecular formula is C49H34N2. The van der Waals surface area contributed by atoms with Gasteiger partial charge in [-0.25, -0.2) is 9.97 Å². The summed E-state index contributed by atoms with van der Waals surface area (Å²) in [6, 6.07) is 61.2. The van der Waals surface area contributed by atoms with Crippen molar-refractivity contribution in [2.45, 2.75) is 19.3 Å². The van der Waals surface area contributed by atoms with E-state index in [0.717, 1.165) is 39.3 Å². The number of fused-ring (bicyclic) bond motifs is 6. The van der Waals surface area contributed by atoms with E-state index in [-0.39, 0.29) is 5.41 Å². The molecule has 240 valence electrons. The van der Waals surface area contributed by atoms with Gasteiger partial charge >= 0.3 is 0 Å². The molecule has 9 aromatic rings. The molecule has 2 heteroatoms. The second kappa shape index (κ2) is 11.3. The lowest BCUT2D eigenvalue weighted by molar-refractivity contribution is 0.661. The molecule has 0 saturated carbocycles. The van der Waals surface area contributed by atoms with Gasteiger partial charge < -0.3 is 0 Å². The highest BCUT2D eigenvalue weighted by Crippen LogP contribution is 2.51. The molecule has 0 atom stereocenters. The van der Waals surface area contributed by atoms with Crippen molar-refractivity contribution in [2.75, 3.05) is 0 Å². The summed E-state index contributed by atoms with van der Waals surface area (Å²) in [5, 5.41) is 7.28. The topological polar surface area (TPSA) is 25.8 Å². The summed E-state index contributed by atoms with van der Waals surface area (Å²) in [7, 11) is 0. The van der Waals surface area contributed by atoms with Crippen LogP contribution in [0.15, 0.2) is 170 Å². The molecule has 0 bridgehead atoms. The van der Waals surface area contributed by atoms with E-state index < -0.39 is 0 Å². The predicted molar refractivity (Wildman–Crippen MR) is 214 cm³/mol. The van der Waals surface area contributed by atoms with Gasteiger partial charge in [0.15, 0.2) is 5.82 Å². The number of hydrogen-bond donors (Lipinski definition) is 0. The quantitative estimate of drug-likeness (QED) is 0.189. The number of benzene rings is 8. The molecule has 1 aromatic heterocycles. The lowest BCUT2D eigenvalue weighted by atomic mass is 9.81. The molecule has 51 heavy (non-hydrogen) atoms. The maximum Gasteiger partial charge on any atom is 0.161 e. The molecule has 0 amide bonds. The average Bonchev–Trinajstić information content (AvgIpc) is 3.40. The highest BCUT2D eigenvalue weighted by atomic mass is 14.9. The van der Waals surface area contributed by atoms with Crippen LogP contribution in [0.3, 0.4) is 0 Å². The Morgan fingerprint density at radius 3 is 1.75 bits per heavy atom. The zero-order valence-electron chi connectivity index (χ0n) is 28.6. The van der Waals surface area contributed by atoms with E-state index in [0.29, 0.717) is 0 Å². The first kappa shape index (κ1) is 29.5. The molecule has 0 N–H and O–H groups in total. The largest absolute Gasteiger partial charge is 0.228 e. The normalized spacial score (nSPS) is 13.1. The Morgan fingerprint density at radius 2 is 0.941 bits per heavy atom. The van der Waals surface area contributed by atoms with Gasteiger partial charge in [0.25, 0.3) is 0 Å². The van der Waals surface area contributed by atoms with Gasteiger partial charge in [-0.2, -0.15) is 0 Å². The molecule has 2 nitrogen and oxygen atoms in total. The van der Waals surface area contributed by atoms with E-state index in [4.69, 9.17) is 9.97 Å². The summed E-state index contributed by atoms with van der Waals surface area (Å²) in [5.74, 6) is 0.726. The summed E-state index contributed by atoms with van der Waals surface area (Å²) in [4.78, 5) is 10.5. The van der Waals surface area contributed by atoms with Gasteiger partial charge in [0.1, 0.15) is 0 Å². The van der Waals surface area contributed by atoms with Crippen LogP contribution in [0.25, 0.3) is 88.5 Å². The second-order valence-electron chi connectivity index (χ2n) is 14.2. The minimum absolute atomic E-state index is 0.104. The van der Waals surface area contributed by atoms with Gasteiger partial charge in [0, 0.05) is 22.1 Å². The summed E-state index contributed by atoms with van der Waals surface area (Å²) in [6.45, 7) is 4.73. The number of nitrogens with zero attached hydrogens (tertiary/aromatic N) is 2. The van der Waals surface area contributed by atoms with Gasteiger partial charge in [-0.3, -0.25) is 0 Å². The Hall–Kier alpha value is -6.38. The van der Waals surface area contributed by atoms with Crippen LogP contribution in [0.5, 0.6) is 0 Å². The number of hydrogen-bond acceptors (Lipinski definition) is 2. The van der Waals surface area contributed by atoms with Crippen molar-refractivity contribution in [3.05, 3.63) is 181 Å². The minimum atomic E-state index is -0.104. The lowest BCUT2D eigenvalue weighted by Gasteiger charge is -2.22. The maximum absolute atomic E-state index is 5.30. The molecule has 8 aromatic carbocycles. The first-order valence-corrected chi connectivity index (χ1v) is 17.7. The molecule has 0 fully saturated rings. The first-order valence-electron chi connectivity index (χ1n) is 17.7. The summed E-state index contributed by atoms with van der Waals surface area (Å²) < 4.78 is 0. The Balaban J connectivity index is 1.14. The fraction of sp³-hybridized carbons (Fsp3) is 0.0612. The smallest absolute Gasteiger partial charge is 0.161 e. The second-order valence-corrected chi connectivity index (χ2v) is 14.2. The number of rotatable bonds is 4. The zero-order chi connectivity index (χ0) is 34.1. The minimum Gasteiger partial charge on any atom is -0.228 e. The van der Waals surface area contributed by atoms with Gasteiger partial charge in [0.2, 0.25) is 0 Å². The van der Waals surface area contributed by atoms with Crippen molar-refractivity contribution in [3.63, 3.8) is 0 Å². The molecule has 1 aliphatic carbocycles. The third-order valence-electron chi connectivity index (χ3n) is 10.9. The number of aromatic nitrogens is 2. The molecule has 1 aliphatic rings. The van der Waals surface area contributed by atoms with Crippen LogP contribution in [0.1, 0.15) is 25.0 Å². The van der Waals surface area contributed by atoms with Gasteiger partial charge in [-0.15, -0.1) is 0 Å². The van der Waals surface area contributed by atoms with Crippen molar-refractivity contribution >= 4 is 32.3 Å². The molecule has 0 saturated heterocycles. The molecule has 0 aliphatic heterocycles. The molecule has 1 heterocycles. The van der Waals surface area contributed by atoms with Crippen LogP contribution in [0.2, 0.25) is 0 Å². The third kappa shape index (κ3) is 4.71.